The lowest BCUT2D eigenvalue weighted by atomic mass is 10.0. The molecule has 0 unspecified atom stereocenters. The first-order chi connectivity index (χ1) is 13.8. The topological polar surface area (TPSA) is 46.9 Å². The van der Waals surface area contributed by atoms with Gasteiger partial charge in [-0.2, -0.15) is 5.10 Å². The predicted molar refractivity (Wildman–Crippen MR) is 121 cm³/mol. The SMILES string of the molecule is CC(C)c1ccc(/C=C/C(=O)Nc2nn(Cc3c(Cl)cccc3Cl)cc2Cl)cc1. The number of nitrogens with one attached hydrogen (secondary N) is 1. The molecule has 29 heavy (non-hydrogen) atoms. The van der Waals surface area contributed by atoms with Crippen LogP contribution in [0.15, 0.2) is 54.7 Å². The molecule has 0 aliphatic rings. The molecule has 0 radical (unpaired) electrons. The fraction of sp³-hybridized carbons (Fsp3) is 0.182. The van der Waals surface area contributed by atoms with Crippen molar-refractivity contribution in [1.29, 1.82) is 0 Å². The van der Waals surface area contributed by atoms with E-state index < -0.39 is 0 Å². The van der Waals surface area contributed by atoms with Gasteiger partial charge in [-0.15, -0.1) is 0 Å². The van der Waals surface area contributed by atoms with Gasteiger partial charge in [0.25, 0.3) is 0 Å². The van der Waals surface area contributed by atoms with Gasteiger partial charge in [0.1, 0.15) is 5.02 Å². The molecule has 7 heteroatoms. The van der Waals surface area contributed by atoms with Gasteiger partial charge < -0.3 is 5.32 Å². The fourth-order valence-electron chi connectivity index (χ4n) is 2.73. The average molecular weight is 449 g/mol. The van der Waals surface area contributed by atoms with Crippen LogP contribution in [-0.2, 0) is 11.3 Å². The highest BCUT2D eigenvalue weighted by molar-refractivity contribution is 6.36. The Morgan fingerprint density at radius 1 is 1.07 bits per heavy atom. The lowest BCUT2D eigenvalue weighted by Crippen LogP contribution is -2.10. The van der Waals surface area contributed by atoms with Crippen molar-refractivity contribution >= 4 is 52.6 Å². The Morgan fingerprint density at radius 3 is 2.34 bits per heavy atom. The molecule has 150 valence electrons. The molecule has 1 amide bonds. The van der Waals surface area contributed by atoms with Crippen LogP contribution in [0.4, 0.5) is 5.82 Å². The molecule has 2 aromatic carbocycles. The molecular formula is C22H20Cl3N3O. The second kappa shape index (κ2) is 9.49. The number of amides is 1. The van der Waals surface area contributed by atoms with E-state index in [1.54, 1.807) is 35.2 Å². The first kappa shape index (κ1) is 21.4. The Morgan fingerprint density at radius 2 is 1.72 bits per heavy atom. The molecule has 3 rings (SSSR count). The Hall–Kier alpha value is -2.27. The zero-order chi connectivity index (χ0) is 21.0. The molecule has 0 saturated carbocycles. The highest BCUT2D eigenvalue weighted by Crippen LogP contribution is 2.27. The van der Waals surface area contributed by atoms with Crippen LogP contribution in [0.3, 0.4) is 0 Å². The van der Waals surface area contributed by atoms with Crippen molar-refractivity contribution in [1.82, 2.24) is 9.78 Å². The molecule has 1 heterocycles. The van der Waals surface area contributed by atoms with Gasteiger partial charge in [-0.05, 0) is 35.3 Å². The molecule has 0 saturated heterocycles. The summed E-state index contributed by atoms with van der Waals surface area (Å²) in [4.78, 5) is 12.2. The van der Waals surface area contributed by atoms with Crippen LogP contribution in [-0.4, -0.2) is 15.7 Å². The van der Waals surface area contributed by atoms with Gasteiger partial charge >= 0.3 is 0 Å². The quantitative estimate of drug-likeness (QED) is 0.428. The molecule has 0 aliphatic heterocycles. The first-order valence-electron chi connectivity index (χ1n) is 9.08. The van der Waals surface area contributed by atoms with Gasteiger partial charge in [0.05, 0.1) is 6.54 Å². The van der Waals surface area contributed by atoms with Gasteiger partial charge in [-0.1, -0.05) is 79.0 Å². The van der Waals surface area contributed by atoms with Crippen LogP contribution in [0.5, 0.6) is 0 Å². The monoisotopic (exact) mass is 447 g/mol. The van der Waals surface area contributed by atoms with Crippen molar-refractivity contribution in [2.24, 2.45) is 0 Å². The largest absolute Gasteiger partial charge is 0.304 e. The van der Waals surface area contributed by atoms with Gasteiger partial charge in [-0.3, -0.25) is 9.48 Å². The maximum atomic E-state index is 12.2. The van der Waals surface area contributed by atoms with E-state index in [0.717, 1.165) is 11.1 Å². The molecule has 0 spiro atoms. The summed E-state index contributed by atoms with van der Waals surface area (Å²) in [5, 5.41) is 8.42. The molecule has 3 aromatic rings. The van der Waals surface area contributed by atoms with Crippen LogP contribution in [0, 0.1) is 0 Å². The van der Waals surface area contributed by atoms with E-state index >= 15 is 0 Å². The molecule has 0 fully saturated rings. The number of rotatable bonds is 6. The summed E-state index contributed by atoms with van der Waals surface area (Å²) in [6, 6.07) is 13.4. The molecule has 1 N–H and O–H groups in total. The van der Waals surface area contributed by atoms with Crippen molar-refractivity contribution in [2.45, 2.75) is 26.3 Å². The highest BCUT2D eigenvalue weighted by atomic mass is 35.5. The number of hydrogen-bond acceptors (Lipinski definition) is 2. The maximum Gasteiger partial charge on any atom is 0.249 e. The number of nitrogens with zero attached hydrogens (tertiary/aromatic N) is 2. The number of benzene rings is 2. The third-order valence-electron chi connectivity index (χ3n) is 4.37. The average Bonchev–Trinajstić information content (AvgIpc) is 3.02. The number of carbonyl (C=O) groups is 1. The number of carbonyl (C=O) groups excluding carboxylic acids is 1. The molecule has 1 aromatic heterocycles. The van der Waals surface area contributed by atoms with E-state index in [1.807, 2.05) is 12.1 Å². The van der Waals surface area contributed by atoms with E-state index in [1.165, 1.54) is 11.6 Å². The Bertz CT molecular complexity index is 1020. The lowest BCUT2D eigenvalue weighted by molar-refractivity contribution is -0.111. The van der Waals surface area contributed by atoms with Crippen molar-refractivity contribution in [3.8, 4) is 0 Å². The summed E-state index contributed by atoms with van der Waals surface area (Å²) in [5.41, 5.74) is 2.93. The third kappa shape index (κ3) is 5.63. The van der Waals surface area contributed by atoms with E-state index in [0.29, 0.717) is 27.5 Å². The predicted octanol–water partition coefficient (Wildman–Crippen LogP) is 6.67. The second-order valence-electron chi connectivity index (χ2n) is 6.87. The summed E-state index contributed by atoms with van der Waals surface area (Å²) >= 11 is 18.6. The fourth-order valence-corrected chi connectivity index (χ4v) is 3.45. The van der Waals surface area contributed by atoms with Gasteiger partial charge in [0.2, 0.25) is 5.91 Å². The third-order valence-corrected chi connectivity index (χ3v) is 5.36. The minimum atomic E-state index is -0.319. The highest BCUT2D eigenvalue weighted by Gasteiger charge is 2.12. The standard InChI is InChI=1S/C22H20Cl3N3O/c1-14(2)16-9-6-15(7-10-16)8-11-21(29)26-22-20(25)13-28(27-22)12-17-18(23)4-3-5-19(17)24/h3-11,13-14H,12H2,1-2H3,(H,26,27,29)/b11-8+. The minimum absolute atomic E-state index is 0.277. The Balaban J connectivity index is 1.66. The summed E-state index contributed by atoms with van der Waals surface area (Å²) in [5.74, 6) is 0.426. The first-order valence-corrected chi connectivity index (χ1v) is 10.2. The van der Waals surface area contributed by atoms with Crippen molar-refractivity contribution in [2.75, 3.05) is 5.32 Å². The summed E-state index contributed by atoms with van der Waals surface area (Å²) < 4.78 is 1.58. The molecule has 0 aliphatic carbocycles. The molecule has 0 bridgehead atoms. The van der Waals surface area contributed by atoms with Crippen molar-refractivity contribution < 1.29 is 4.79 Å². The summed E-state index contributed by atoms with van der Waals surface area (Å²) in [6.45, 7) is 4.62. The van der Waals surface area contributed by atoms with E-state index in [-0.39, 0.29) is 11.7 Å². The van der Waals surface area contributed by atoms with Crippen LogP contribution in [0.2, 0.25) is 15.1 Å². The summed E-state index contributed by atoms with van der Waals surface area (Å²) in [7, 11) is 0. The Labute approximate surface area is 185 Å². The zero-order valence-electron chi connectivity index (χ0n) is 16.0. The molecule has 4 nitrogen and oxygen atoms in total. The maximum absolute atomic E-state index is 12.2. The number of anilines is 1. The van der Waals surface area contributed by atoms with E-state index in [2.05, 4.69) is 36.4 Å². The smallest absolute Gasteiger partial charge is 0.249 e. The van der Waals surface area contributed by atoms with Gasteiger partial charge in [0, 0.05) is 27.9 Å². The van der Waals surface area contributed by atoms with Crippen LogP contribution < -0.4 is 5.32 Å². The van der Waals surface area contributed by atoms with Crippen molar-refractivity contribution in [3.63, 3.8) is 0 Å². The molecular weight excluding hydrogens is 429 g/mol. The number of aromatic nitrogens is 2. The van der Waals surface area contributed by atoms with Crippen LogP contribution in [0.1, 0.15) is 36.5 Å². The normalized spacial score (nSPS) is 11.4. The minimum Gasteiger partial charge on any atom is -0.304 e. The zero-order valence-corrected chi connectivity index (χ0v) is 18.3. The van der Waals surface area contributed by atoms with Crippen LogP contribution >= 0.6 is 34.8 Å². The van der Waals surface area contributed by atoms with E-state index in [9.17, 15) is 4.79 Å². The second-order valence-corrected chi connectivity index (χ2v) is 8.09. The number of hydrogen-bond donors (Lipinski definition) is 1. The van der Waals surface area contributed by atoms with Gasteiger partial charge in [-0.25, -0.2) is 0 Å². The summed E-state index contributed by atoms with van der Waals surface area (Å²) in [6.07, 6.45) is 4.81. The molecule has 0 atom stereocenters. The Kier molecular flexibility index (Phi) is 7.01. The lowest BCUT2D eigenvalue weighted by Gasteiger charge is -2.06. The van der Waals surface area contributed by atoms with E-state index in [4.69, 9.17) is 34.8 Å². The number of halogens is 3. The van der Waals surface area contributed by atoms with Crippen molar-refractivity contribution in [3.05, 3.63) is 86.5 Å². The van der Waals surface area contributed by atoms with Crippen LogP contribution in [0.25, 0.3) is 6.08 Å². The van der Waals surface area contributed by atoms with Gasteiger partial charge in [0.15, 0.2) is 5.82 Å².